The number of hydrogen-bond donors (Lipinski definition) is 2. The highest BCUT2D eigenvalue weighted by Gasteiger charge is 2.31. The summed E-state index contributed by atoms with van der Waals surface area (Å²) in [6.45, 7) is 15.1. The molecule has 2 N–H and O–H groups in total. The molecule has 1 heterocycles. The zero-order valence-corrected chi connectivity index (χ0v) is 23.6. The van der Waals surface area contributed by atoms with Crippen LogP contribution in [0.25, 0.3) is 11.3 Å². The summed E-state index contributed by atoms with van der Waals surface area (Å²) < 4.78 is 0. The van der Waals surface area contributed by atoms with Crippen LogP contribution in [0.3, 0.4) is 0 Å². The molecule has 0 saturated carbocycles. The number of pyridine rings is 1. The van der Waals surface area contributed by atoms with Gasteiger partial charge in [-0.15, -0.1) is 0 Å². The Hall–Kier alpha value is -2.98. The normalized spacial score (nSPS) is 13.0. The summed E-state index contributed by atoms with van der Waals surface area (Å²) in [5, 5.41) is 19.5. The molecule has 0 radical (unpaired) electrons. The zero-order chi connectivity index (χ0) is 27.4. The third kappa shape index (κ3) is 6.48. The standard InChI is InChI=1S/C33H43NO3/c1-8-33(9-2,26-13-11-25(22(3)18-26)12-17-30(35)32(5,6)7)27-14-15-28(23(4)19-27)29-16-10-24(21-34-29)20-31(36)37/h10-11,13-16,18-19,21,30,35H,8-9,12,17,20H2,1-7H3,(H,36,37). The van der Waals surface area contributed by atoms with E-state index in [0.29, 0.717) is 5.56 Å². The maximum atomic E-state index is 11.0. The molecule has 3 rings (SSSR count). The first-order valence-electron chi connectivity index (χ1n) is 13.5. The Labute approximate surface area is 222 Å². The van der Waals surface area contributed by atoms with Crippen molar-refractivity contribution < 1.29 is 15.0 Å². The number of aliphatic hydroxyl groups is 1. The molecule has 4 nitrogen and oxygen atoms in total. The molecule has 0 aliphatic rings. The molecule has 0 amide bonds. The van der Waals surface area contributed by atoms with Gasteiger partial charge in [-0.25, -0.2) is 0 Å². The lowest BCUT2D eigenvalue weighted by atomic mass is 9.69. The van der Waals surface area contributed by atoms with Gasteiger partial charge in [0, 0.05) is 17.2 Å². The van der Waals surface area contributed by atoms with Crippen molar-refractivity contribution in [1.29, 1.82) is 0 Å². The van der Waals surface area contributed by atoms with E-state index in [4.69, 9.17) is 5.11 Å². The molecule has 0 saturated heterocycles. The first kappa shape index (κ1) is 28.6. The van der Waals surface area contributed by atoms with Crippen molar-refractivity contribution in [3.05, 3.63) is 88.1 Å². The monoisotopic (exact) mass is 501 g/mol. The molecule has 2 aromatic carbocycles. The number of hydrogen-bond acceptors (Lipinski definition) is 3. The van der Waals surface area contributed by atoms with Crippen molar-refractivity contribution in [2.75, 3.05) is 0 Å². The van der Waals surface area contributed by atoms with E-state index in [1.54, 1.807) is 6.20 Å². The van der Waals surface area contributed by atoms with Crippen LogP contribution in [0.15, 0.2) is 54.7 Å². The van der Waals surface area contributed by atoms with Gasteiger partial charge in [-0.3, -0.25) is 9.78 Å². The second-order valence-corrected chi connectivity index (χ2v) is 11.5. The van der Waals surface area contributed by atoms with Crippen LogP contribution in [0, 0.1) is 19.3 Å². The Kier molecular flexibility index (Phi) is 8.96. The van der Waals surface area contributed by atoms with E-state index in [9.17, 15) is 9.90 Å². The first-order valence-corrected chi connectivity index (χ1v) is 13.5. The maximum Gasteiger partial charge on any atom is 0.307 e. The molecule has 0 aliphatic carbocycles. The third-order valence-electron chi connectivity index (χ3n) is 8.02. The predicted octanol–water partition coefficient (Wildman–Crippen LogP) is 7.44. The Morgan fingerprint density at radius 2 is 1.54 bits per heavy atom. The predicted molar refractivity (Wildman–Crippen MR) is 152 cm³/mol. The highest BCUT2D eigenvalue weighted by Crippen LogP contribution is 2.41. The molecular formula is C33H43NO3. The van der Waals surface area contributed by atoms with Gasteiger partial charge in [0.2, 0.25) is 0 Å². The number of nitrogens with zero attached hydrogens (tertiary/aromatic N) is 1. The van der Waals surface area contributed by atoms with Gasteiger partial charge in [0.05, 0.1) is 18.2 Å². The van der Waals surface area contributed by atoms with E-state index < -0.39 is 5.97 Å². The van der Waals surface area contributed by atoms with Crippen LogP contribution < -0.4 is 0 Å². The SMILES string of the molecule is CCC(CC)(c1ccc(CCC(O)C(C)(C)C)c(C)c1)c1ccc(-c2ccc(CC(=O)O)cn2)c(C)c1. The van der Waals surface area contributed by atoms with Gasteiger partial charge in [-0.05, 0) is 84.4 Å². The molecule has 1 aromatic heterocycles. The van der Waals surface area contributed by atoms with Gasteiger partial charge >= 0.3 is 5.97 Å². The molecular weight excluding hydrogens is 458 g/mol. The molecule has 0 bridgehead atoms. The van der Waals surface area contributed by atoms with Crippen LogP contribution in [0.2, 0.25) is 0 Å². The average molecular weight is 502 g/mol. The summed E-state index contributed by atoms with van der Waals surface area (Å²) in [6.07, 6.45) is 4.95. The lowest BCUT2D eigenvalue weighted by Gasteiger charge is -2.34. The fourth-order valence-corrected chi connectivity index (χ4v) is 5.34. The highest BCUT2D eigenvalue weighted by molar-refractivity contribution is 5.71. The van der Waals surface area contributed by atoms with E-state index >= 15 is 0 Å². The van der Waals surface area contributed by atoms with Gasteiger partial charge in [0.1, 0.15) is 0 Å². The summed E-state index contributed by atoms with van der Waals surface area (Å²) in [7, 11) is 0. The van der Waals surface area contributed by atoms with E-state index in [2.05, 4.69) is 89.8 Å². The number of aliphatic carboxylic acids is 1. The quantitative estimate of drug-likeness (QED) is 0.303. The van der Waals surface area contributed by atoms with Crippen LogP contribution in [0.1, 0.15) is 87.3 Å². The topological polar surface area (TPSA) is 70.4 Å². The molecule has 1 atom stereocenters. The maximum absolute atomic E-state index is 11.0. The van der Waals surface area contributed by atoms with Crippen molar-refractivity contribution in [3.8, 4) is 11.3 Å². The number of rotatable bonds is 10. The smallest absolute Gasteiger partial charge is 0.307 e. The molecule has 198 valence electrons. The molecule has 37 heavy (non-hydrogen) atoms. The molecule has 0 fully saturated rings. The van der Waals surface area contributed by atoms with Crippen LogP contribution in [0.5, 0.6) is 0 Å². The van der Waals surface area contributed by atoms with Crippen LogP contribution in [-0.2, 0) is 23.1 Å². The summed E-state index contributed by atoms with van der Waals surface area (Å²) >= 11 is 0. The van der Waals surface area contributed by atoms with Crippen molar-refractivity contribution in [2.24, 2.45) is 5.41 Å². The summed E-state index contributed by atoms with van der Waals surface area (Å²) in [6, 6.07) is 17.3. The van der Waals surface area contributed by atoms with Crippen molar-refractivity contribution in [3.63, 3.8) is 0 Å². The lowest BCUT2D eigenvalue weighted by molar-refractivity contribution is -0.136. The second-order valence-electron chi connectivity index (χ2n) is 11.5. The summed E-state index contributed by atoms with van der Waals surface area (Å²) in [5.41, 5.74) is 8.81. The van der Waals surface area contributed by atoms with E-state index in [1.807, 2.05) is 12.1 Å². The van der Waals surface area contributed by atoms with Gasteiger partial charge in [0.25, 0.3) is 0 Å². The Bertz CT molecular complexity index is 1220. The number of aliphatic hydroxyl groups excluding tert-OH is 1. The second kappa shape index (κ2) is 11.6. The van der Waals surface area contributed by atoms with Gasteiger partial charge in [0.15, 0.2) is 0 Å². The fraction of sp³-hybridized carbons (Fsp3) is 0.455. The van der Waals surface area contributed by atoms with E-state index in [1.165, 1.54) is 22.3 Å². The lowest BCUT2D eigenvalue weighted by Crippen LogP contribution is -2.27. The van der Waals surface area contributed by atoms with Crippen molar-refractivity contribution in [1.82, 2.24) is 4.98 Å². The first-order chi connectivity index (χ1) is 17.4. The van der Waals surface area contributed by atoms with Crippen LogP contribution in [0.4, 0.5) is 0 Å². The van der Waals surface area contributed by atoms with Crippen LogP contribution >= 0.6 is 0 Å². The average Bonchev–Trinajstić information content (AvgIpc) is 2.84. The number of aromatic nitrogens is 1. The Morgan fingerprint density at radius 1 is 0.919 bits per heavy atom. The van der Waals surface area contributed by atoms with Crippen molar-refractivity contribution in [2.45, 2.75) is 92.1 Å². The molecule has 1 unspecified atom stereocenters. The number of carbonyl (C=O) groups is 1. The zero-order valence-electron chi connectivity index (χ0n) is 23.6. The number of carboxylic acid groups (broad SMARTS) is 1. The third-order valence-corrected chi connectivity index (χ3v) is 8.02. The summed E-state index contributed by atoms with van der Waals surface area (Å²) in [5.74, 6) is -0.851. The number of carboxylic acids is 1. The molecule has 0 aliphatic heterocycles. The molecule has 0 spiro atoms. The Balaban J connectivity index is 1.90. The van der Waals surface area contributed by atoms with Crippen molar-refractivity contribution >= 4 is 5.97 Å². The van der Waals surface area contributed by atoms with Gasteiger partial charge in [-0.2, -0.15) is 0 Å². The number of aryl methyl sites for hydroxylation is 3. The van der Waals surface area contributed by atoms with E-state index in [-0.39, 0.29) is 23.4 Å². The molecule has 3 aromatic rings. The largest absolute Gasteiger partial charge is 0.481 e. The highest BCUT2D eigenvalue weighted by atomic mass is 16.4. The molecule has 4 heteroatoms. The minimum absolute atomic E-state index is 0.0178. The van der Waals surface area contributed by atoms with Crippen LogP contribution in [-0.4, -0.2) is 27.3 Å². The van der Waals surface area contributed by atoms with Gasteiger partial charge in [-0.1, -0.05) is 77.1 Å². The minimum Gasteiger partial charge on any atom is -0.481 e. The van der Waals surface area contributed by atoms with Gasteiger partial charge < -0.3 is 10.2 Å². The van der Waals surface area contributed by atoms with E-state index in [0.717, 1.165) is 42.5 Å². The number of benzene rings is 2. The Morgan fingerprint density at radius 3 is 2.03 bits per heavy atom. The minimum atomic E-state index is -0.851. The fourth-order valence-electron chi connectivity index (χ4n) is 5.34. The summed E-state index contributed by atoms with van der Waals surface area (Å²) in [4.78, 5) is 15.5.